The molecule has 0 saturated carbocycles. The first-order valence-corrected chi connectivity index (χ1v) is 9.07. The van der Waals surface area contributed by atoms with Gasteiger partial charge in [0, 0.05) is 36.0 Å². The summed E-state index contributed by atoms with van der Waals surface area (Å²) in [4.78, 5) is 0. The van der Waals surface area contributed by atoms with Crippen LogP contribution in [0, 0.1) is 0 Å². The molecule has 0 N–H and O–H groups in total. The molecule has 26 heavy (non-hydrogen) atoms. The van der Waals surface area contributed by atoms with E-state index in [1.54, 1.807) is 23.1 Å². The molecule has 4 aromatic heterocycles. The summed E-state index contributed by atoms with van der Waals surface area (Å²) < 4.78 is 9.26. The fourth-order valence-electron chi connectivity index (χ4n) is 2.76. The van der Waals surface area contributed by atoms with Crippen molar-refractivity contribution in [1.29, 1.82) is 0 Å². The molecule has 4 heterocycles. The molecule has 0 aromatic carbocycles. The van der Waals surface area contributed by atoms with Gasteiger partial charge in [-0.05, 0) is 6.07 Å². The predicted octanol–water partition coefficient (Wildman–Crippen LogP) is 3.56. The molecule has 0 aliphatic carbocycles. The Morgan fingerprint density at radius 1 is 1.04 bits per heavy atom. The second-order valence-electron chi connectivity index (χ2n) is 7.21. The molecule has 0 atom stereocenters. The van der Waals surface area contributed by atoms with Gasteiger partial charge in [0.05, 0.1) is 25.1 Å². The summed E-state index contributed by atoms with van der Waals surface area (Å²) in [5.41, 5.74) is 3.78. The Kier molecular flexibility index (Phi) is 3.80. The Labute approximate surface area is 155 Å². The van der Waals surface area contributed by atoms with E-state index < -0.39 is 0 Å². The molecule has 0 bridgehead atoms. The van der Waals surface area contributed by atoms with E-state index >= 15 is 0 Å². The number of ether oxygens (including phenoxy) is 1. The lowest BCUT2D eigenvalue weighted by molar-refractivity contribution is 0.418. The topological polar surface area (TPSA) is 70.1 Å². The number of aromatic nitrogens is 6. The lowest BCUT2D eigenvalue weighted by Gasteiger charge is -2.12. The van der Waals surface area contributed by atoms with Crippen molar-refractivity contribution in [3.63, 3.8) is 0 Å². The maximum Gasteiger partial charge on any atom is 0.151 e. The minimum atomic E-state index is -0.0313. The van der Waals surface area contributed by atoms with Gasteiger partial charge in [-0.2, -0.15) is 10.2 Å². The minimum Gasteiger partial charge on any atom is -0.494 e. The first-order valence-electron chi connectivity index (χ1n) is 8.25. The molecule has 0 fully saturated rings. The van der Waals surface area contributed by atoms with Gasteiger partial charge >= 0.3 is 0 Å². The van der Waals surface area contributed by atoms with Gasteiger partial charge in [0.1, 0.15) is 16.3 Å². The third-order valence-corrected chi connectivity index (χ3v) is 5.51. The highest BCUT2D eigenvalue weighted by atomic mass is 32.1. The molecule has 4 rings (SSSR count). The number of nitrogens with zero attached hydrogens (tertiary/aromatic N) is 6. The SMILES string of the molecule is COc1cc(-c2cnn(C)c2)cn2ncc(-c3nnc(C(C)(C)C)s3)c12. The van der Waals surface area contributed by atoms with Crippen LogP contribution < -0.4 is 4.74 Å². The number of rotatable bonds is 3. The Balaban J connectivity index is 1.86. The summed E-state index contributed by atoms with van der Waals surface area (Å²) in [6, 6.07) is 2.00. The number of methoxy groups -OCH3 is 1. The molecular weight excluding hydrogens is 348 g/mol. The van der Waals surface area contributed by atoms with Crippen LogP contribution in [0.4, 0.5) is 0 Å². The number of hydrogen-bond acceptors (Lipinski definition) is 6. The van der Waals surface area contributed by atoms with Crippen LogP contribution in [0.5, 0.6) is 5.75 Å². The average Bonchev–Trinajstić information content (AvgIpc) is 3.31. The smallest absolute Gasteiger partial charge is 0.151 e. The summed E-state index contributed by atoms with van der Waals surface area (Å²) in [7, 11) is 3.56. The van der Waals surface area contributed by atoms with Crippen LogP contribution in [-0.2, 0) is 12.5 Å². The molecule has 0 amide bonds. The molecule has 0 unspecified atom stereocenters. The van der Waals surface area contributed by atoms with Crippen molar-refractivity contribution in [2.45, 2.75) is 26.2 Å². The van der Waals surface area contributed by atoms with E-state index in [2.05, 4.69) is 41.2 Å². The van der Waals surface area contributed by atoms with Crippen LogP contribution in [0.25, 0.3) is 27.2 Å². The maximum absolute atomic E-state index is 5.66. The van der Waals surface area contributed by atoms with E-state index in [1.165, 1.54) is 0 Å². The standard InChI is InChI=1S/C18H20N6OS/c1-18(2,3)17-22-21-16(26-17)13-8-20-24-10-11(6-14(25-5)15(13)24)12-7-19-23(4)9-12/h6-10H,1-5H3. The van der Waals surface area contributed by atoms with E-state index in [4.69, 9.17) is 4.74 Å². The molecular formula is C18H20N6OS. The van der Waals surface area contributed by atoms with Gasteiger partial charge in [-0.3, -0.25) is 4.68 Å². The molecule has 7 nitrogen and oxygen atoms in total. The largest absolute Gasteiger partial charge is 0.494 e. The molecule has 134 valence electrons. The van der Waals surface area contributed by atoms with E-state index in [1.807, 2.05) is 42.4 Å². The first kappa shape index (κ1) is 16.7. The van der Waals surface area contributed by atoms with E-state index in [9.17, 15) is 0 Å². The summed E-state index contributed by atoms with van der Waals surface area (Å²) >= 11 is 1.59. The van der Waals surface area contributed by atoms with Crippen molar-refractivity contribution in [3.8, 4) is 27.4 Å². The van der Waals surface area contributed by atoms with Crippen LogP contribution in [0.15, 0.2) is 30.9 Å². The summed E-state index contributed by atoms with van der Waals surface area (Å²) in [5, 5.41) is 19.3. The Bertz CT molecular complexity index is 1080. The predicted molar refractivity (Wildman–Crippen MR) is 102 cm³/mol. The third kappa shape index (κ3) is 2.76. The van der Waals surface area contributed by atoms with Gasteiger partial charge in [0.2, 0.25) is 0 Å². The van der Waals surface area contributed by atoms with Crippen LogP contribution in [0.1, 0.15) is 25.8 Å². The number of pyridine rings is 1. The van der Waals surface area contributed by atoms with Gasteiger partial charge in [-0.25, -0.2) is 4.52 Å². The molecule has 0 radical (unpaired) electrons. The minimum absolute atomic E-state index is 0.0313. The second-order valence-corrected chi connectivity index (χ2v) is 8.19. The van der Waals surface area contributed by atoms with Crippen molar-refractivity contribution < 1.29 is 4.74 Å². The van der Waals surface area contributed by atoms with Crippen LogP contribution in [-0.4, -0.2) is 36.7 Å². The average molecular weight is 368 g/mol. The van der Waals surface area contributed by atoms with Crippen molar-refractivity contribution in [2.24, 2.45) is 7.05 Å². The fraction of sp³-hybridized carbons (Fsp3) is 0.333. The van der Waals surface area contributed by atoms with Gasteiger partial charge in [-0.1, -0.05) is 32.1 Å². The lowest BCUT2D eigenvalue weighted by Crippen LogP contribution is -2.10. The highest BCUT2D eigenvalue weighted by Gasteiger charge is 2.22. The molecule has 0 aliphatic heterocycles. The number of fused-ring (bicyclic) bond motifs is 1. The van der Waals surface area contributed by atoms with E-state index in [-0.39, 0.29) is 5.41 Å². The van der Waals surface area contributed by atoms with Crippen molar-refractivity contribution in [3.05, 3.63) is 35.9 Å². The summed E-state index contributed by atoms with van der Waals surface area (Å²) in [5.74, 6) is 0.742. The highest BCUT2D eigenvalue weighted by molar-refractivity contribution is 7.14. The second kappa shape index (κ2) is 5.91. The van der Waals surface area contributed by atoms with Gasteiger partial charge in [0.25, 0.3) is 0 Å². The zero-order valence-electron chi connectivity index (χ0n) is 15.4. The molecule has 0 aliphatic rings. The number of hydrogen-bond donors (Lipinski definition) is 0. The van der Waals surface area contributed by atoms with Crippen molar-refractivity contribution in [2.75, 3.05) is 7.11 Å². The maximum atomic E-state index is 5.66. The zero-order chi connectivity index (χ0) is 18.5. The van der Waals surface area contributed by atoms with Crippen molar-refractivity contribution >= 4 is 16.9 Å². The van der Waals surface area contributed by atoms with Crippen LogP contribution in [0.3, 0.4) is 0 Å². The van der Waals surface area contributed by atoms with Gasteiger partial charge < -0.3 is 4.74 Å². The fourth-order valence-corrected chi connectivity index (χ4v) is 3.67. The van der Waals surface area contributed by atoms with Crippen LogP contribution in [0.2, 0.25) is 0 Å². The Hall–Kier alpha value is -2.74. The van der Waals surface area contributed by atoms with Crippen LogP contribution >= 0.6 is 11.3 Å². The van der Waals surface area contributed by atoms with Gasteiger partial charge in [-0.15, -0.1) is 10.2 Å². The molecule has 0 spiro atoms. The Morgan fingerprint density at radius 3 is 2.46 bits per heavy atom. The van der Waals surface area contributed by atoms with E-state index in [0.29, 0.717) is 0 Å². The molecule has 0 saturated heterocycles. The normalized spacial score (nSPS) is 12.0. The monoisotopic (exact) mass is 368 g/mol. The third-order valence-electron chi connectivity index (χ3n) is 4.13. The zero-order valence-corrected chi connectivity index (χ0v) is 16.2. The molecule has 4 aromatic rings. The highest BCUT2D eigenvalue weighted by Crippen LogP contribution is 2.37. The summed E-state index contributed by atoms with van der Waals surface area (Å²) in [6.07, 6.45) is 7.58. The summed E-state index contributed by atoms with van der Waals surface area (Å²) in [6.45, 7) is 6.40. The van der Waals surface area contributed by atoms with E-state index in [0.717, 1.165) is 38.0 Å². The first-order chi connectivity index (χ1) is 12.4. The van der Waals surface area contributed by atoms with Crippen molar-refractivity contribution in [1.82, 2.24) is 29.6 Å². The van der Waals surface area contributed by atoms with Gasteiger partial charge in [0.15, 0.2) is 5.01 Å². The quantitative estimate of drug-likeness (QED) is 0.553. The number of aryl methyl sites for hydroxylation is 1. The Morgan fingerprint density at radius 2 is 1.85 bits per heavy atom. The lowest BCUT2D eigenvalue weighted by atomic mass is 9.98. The molecule has 8 heteroatoms.